The Morgan fingerprint density at radius 1 is 1.09 bits per heavy atom. The van der Waals surface area contributed by atoms with Gasteiger partial charge >= 0.3 is 0 Å². The van der Waals surface area contributed by atoms with E-state index in [1.807, 2.05) is 36.1 Å². The van der Waals surface area contributed by atoms with Gasteiger partial charge in [-0.2, -0.15) is 0 Å². The fraction of sp³-hybridized carbons (Fsp3) is 0.333. The van der Waals surface area contributed by atoms with Gasteiger partial charge in [0.2, 0.25) is 5.91 Å². The third-order valence-electron chi connectivity index (χ3n) is 6.18. The molecule has 0 radical (unpaired) electrons. The molecule has 0 fully saturated rings. The summed E-state index contributed by atoms with van der Waals surface area (Å²) < 4.78 is 10.7. The van der Waals surface area contributed by atoms with Crippen LogP contribution in [0.4, 0.5) is 0 Å². The van der Waals surface area contributed by atoms with Crippen LogP contribution >= 0.6 is 22.9 Å². The van der Waals surface area contributed by atoms with Crippen molar-refractivity contribution in [2.24, 2.45) is 0 Å². The number of methoxy groups -OCH3 is 2. The lowest BCUT2D eigenvalue weighted by molar-refractivity contribution is -0.134. The van der Waals surface area contributed by atoms with Gasteiger partial charge in [-0.05, 0) is 59.7 Å². The molecule has 2 heterocycles. The first-order valence-corrected chi connectivity index (χ1v) is 12.8. The van der Waals surface area contributed by atoms with Gasteiger partial charge in [0.05, 0.1) is 20.3 Å². The summed E-state index contributed by atoms with van der Waals surface area (Å²) in [6, 6.07) is 14.6. The molecule has 0 spiro atoms. The number of rotatable bonds is 8. The normalized spacial score (nSPS) is 14.9. The van der Waals surface area contributed by atoms with Crippen molar-refractivity contribution in [1.29, 1.82) is 0 Å². The highest BCUT2D eigenvalue weighted by Crippen LogP contribution is 2.38. The van der Waals surface area contributed by atoms with Crippen LogP contribution in [0.1, 0.15) is 45.7 Å². The van der Waals surface area contributed by atoms with Crippen LogP contribution in [-0.2, 0) is 11.2 Å². The monoisotopic (exact) mass is 512 g/mol. The number of thiophene rings is 1. The van der Waals surface area contributed by atoms with E-state index >= 15 is 0 Å². The summed E-state index contributed by atoms with van der Waals surface area (Å²) in [5, 5.41) is 2.73. The molecule has 0 unspecified atom stereocenters. The minimum absolute atomic E-state index is 0.00421. The number of benzene rings is 2. The minimum Gasteiger partial charge on any atom is -0.497 e. The third-order valence-corrected chi connectivity index (χ3v) is 7.43. The number of halogens is 1. The molecule has 184 valence electrons. The first-order valence-electron chi connectivity index (χ1n) is 11.6. The zero-order valence-electron chi connectivity index (χ0n) is 20.1. The molecule has 1 atom stereocenters. The average Bonchev–Trinajstić information content (AvgIpc) is 3.36. The van der Waals surface area contributed by atoms with Crippen molar-refractivity contribution in [3.8, 4) is 11.5 Å². The maximum absolute atomic E-state index is 13.7. The molecular weight excluding hydrogens is 484 g/mol. The van der Waals surface area contributed by atoms with Crippen molar-refractivity contribution in [3.05, 3.63) is 80.5 Å². The second kappa shape index (κ2) is 11.1. The Morgan fingerprint density at radius 3 is 2.40 bits per heavy atom. The summed E-state index contributed by atoms with van der Waals surface area (Å²) in [4.78, 5) is 32.0. The SMILES string of the molecule is CCCN(CC(=O)N1CCc2sccc2[C@H]1c1ccc(Cl)cc1)C(=O)c1cc(OC)cc(OC)c1. The predicted octanol–water partition coefficient (Wildman–Crippen LogP) is 5.45. The van der Waals surface area contributed by atoms with Gasteiger partial charge in [0, 0.05) is 34.6 Å². The quantitative estimate of drug-likeness (QED) is 0.403. The van der Waals surface area contributed by atoms with E-state index in [0.29, 0.717) is 35.2 Å². The average molecular weight is 513 g/mol. The van der Waals surface area contributed by atoms with Gasteiger partial charge in [0.25, 0.3) is 5.91 Å². The van der Waals surface area contributed by atoms with E-state index in [4.69, 9.17) is 21.1 Å². The predicted molar refractivity (Wildman–Crippen MR) is 139 cm³/mol. The van der Waals surface area contributed by atoms with E-state index in [-0.39, 0.29) is 24.4 Å². The summed E-state index contributed by atoms with van der Waals surface area (Å²) in [5.74, 6) is 0.741. The number of hydrogen-bond donors (Lipinski definition) is 0. The van der Waals surface area contributed by atoms with Gasteiger partial charge in [-0.3, -0.25) is 9.59 Å². The lowest BCUT2D eigenvalue weighted by Gasteiger charge is -2.37. The molecule has 0 aliphatic carbocycles. The molecule has 8 heteroatoms. The van der Waals surface area contributed by atoms with Crippen molar-refractivity contribution < 1.29 is 19.1 Å². The molecule has 0 saturated heterocycles. The van der Waals surface area contributed by atoms with Crippen LogP contribution in [-0.4, -0.2) is 55.5 Å². The standard InChI is InChI=1S/C27H29ClN2O4S/c1-4-11-29(27(32)19-14-21(33-2)16-22(15-19)34-3)17-25(31)30-12-9-24-23(10-13-35-24)26(30)18-5-7-20(28)8-6-18/h5-8,10,13-16,26H,4,9,11-12,17H2,1-3H3/t26-/m1/s1. The van der Waals surface area contributed by atoms with Gasteiger partial charge in [-0.25, -0.2) is 0 Å². The molecular formula is C27H29ClN2O4S. The van der Waals surface area contributed by atoms with Crippen LogP contribution in [0, 0.1) is 0 Å². The number of amides is 2. The van der Waals surface area contributed by atoms with Crippen molar-refractivity contribution >= 4 is 34.8 Å². The van der Waals surface area contributed by atoms with Gasteiger partial charge < -0.3 is 19.3 Å². The number of fused-ring (bicyclic) bond motifs is 1. The summed E-state index contributed by atoms with van der Waals surface area (Å²) in [6.45, 7) is 3.05. The van der Waals surface area contributed by atoms with Crippen LogP contribution < -0.4 is 9.47 Å². The third kappa shape index (κ3) is 5.46. The fourth-order valence-electron chi connectivity index (χ4n) is 4.48. The Bertz CT molecular complexity index is 1170. The van der Waals surface area contributed by atoms with Gasteiger partial charge in [-0.15, -0.1) is 11.3 Å². The number of carbonyl (C=O) groups excluding carboxylic acids is 2. The number of hydrogen-bond acceptors (Lipinski definition) is 5. The van der Waals surface area contributed by atoms with Gasteiger partial charge in [-0.1, -0.05) is 30.7 Å². The Labute approximate surface area is 215 Å². The van der Waals surface area contributed by atoms with Crippen LogP contribution in [0.15, 0.2) is 53.9 Å². The zero-order valence-corrected chi connectivity index (χ0v) is 21.7. The lowest BCUT2D eigenvalue weighted by atomic mass is 9.93. The van der Waals surface area contributed by atoms with E-state index in [0.717, 1.165) is 24.0 Å². The Balaban J connectivity index is 1.61. The van der Waals surface area contributed by atoms with Crippen LogP contribution in [0.5, 0.6) is 11.5 Å². The van der Waals surface area contributed by atoms with Crippen molar-refractivity contribution in [2.45, 2.75) is 25.8 Å². The molecule has 0 bridgehead atoms. The molecule has 0 saturated carbocycles. The largest absolute Gasteiger partial charge is 0.497 e. The molecule has 1 aliphatic rings. The summed E-state index contributed by atoms with van der Waals surface area (Å²) in [5.41, 5.74) is 2.58. The molecule has 4 rings (SSSR count). The number of carbonyl (C=O) groups is 2. The topological polar surface area (TPSA) is 59.1 Å². The molecule has 2 amide bonds. The van der Waals surface area contributed by atoms with Crippen molar-refractivity contribution in [2.75, 3.05) is 33.9 Å². The second-order valence-corrected chi connectivity index (χ2v) is 9.86. The Hall–Kier alpha value is -3.03. The Morgan fingerprint density at radius 2 is 1.77 bits per heavy atom. The van der Waals surface area contributed by atoms with Crippen molar-refractivity contribution in [3.63, 3.8) is 0 Å². The first kappa shape index (κ1) is 25.1. The minimum atomic E-state index is -0.228. The number of nitrogens with zero attached hydrogens (tertiary/aromatic N) is 2. The molecule has 1 aliphatic heterocycles. The summed E-state index contributed by atoms with van der Waals surface area (Å²) >= 11 is 7.85. The molecule has 35 heavy (non-hydrogen) atoms. The van der Waals surface area contributed by atoms with Crippen molar-refractivity contribution in [1.82, 2.24) is 9.80 Å². The van der Waals surface area contributed by atoms with E-state index in [1.54, 1.807) is 48.7 Å². The second-order valence-electron chi connectivity index (χ2n) is 8.42. The van der Waals surface area contributed by atoms with E-state index in [9.17, 15) is 9.59 Å². The molecule has 3 aromatic rings. The Kier molecular flexibility index (Phi) is 7.98. The van der Waals surface area contributed by atoms with Crippen LogP contribution in [0.2, 0.25) is 5.02 Å². The molecule has 1 aromatic heterocycles. The molecule has 2 aromatic carbocycles. The maximum Gasteiger partial charge on any atom is 0.254 e. The highest BCUT2D eigenvalue weighted by molar-refractivity contribution is 7.10. The van der Waals surface area contributed by atoms with E-state index < -0.39 is 0 Å². The van der Waals surface area contributed by atoms with Crippen LogP contribution in [0.3, 0.4) is 0 Å². The molecule has 0 N–H and O–H groups in total. The summed E-state index contributed by atoms with van der Waals surface area (Å²) in [6.07, 6.45) is 1.53. The number of ether oxygens (including phenoxy) is 2. The van der Waals surface area contributed by atoms with E-state index in [2.05, 4.69) is 11.4 Å². The highest BCUT2D eigenvalue weighted by atomic mass is 35.5. The molecule has 6 nitrogen and oxygen atoms in total. The fourth-order valence-corrected chi connectivity index (χ4v) is 5.51. The smallest absolute Gasteiger partial charge is 0.254 e. The lowest BCUT2D eigenvalue weighted by Crippen LogP contribution is -2.47. The van der Waals surface area contributed by atoms with E-state index in [1.165, 1.54) is 4.88 Å². The maximum atomic E-state index is 13.7. The zero-order chi connectivity index (χ0) is 24.9. The van der Waals surface area contributed by atoms with Gasteiger partial charge in [0.1, 0.15) is 18.0 Å². The highest BCUT2D eigenvalue weighted by Gasteiger charge is 2.34. The van der Waals surface area contributed by atoms with Gasteiger partial charge in [0.15, 0.2) is 0 Å². The first-order chi connectivity index (χ1) is 16.9. The summed E-state index contributed by atoms with van der Waals surface area (Å²) in [7, 11) is 3.09. The van der Waals surface area contributed by atoms with Crippen LogP contribution in [0.25, 0.3) is 0 Å².